The highest BCUT2D eigenvalue weighted by atomic mass is 35.5. The largest absolute Gasteiger partial charge is 0.495 e. The number of fused-ring (bicyclic) bond motifs is 1. The normalized spacial score (nSPS) is 17.9. The average molecular weight is 436 g/mol. The topological polar surface area (TPSA) is 96.9 Å². The number of hydrogen-bond acceptors (Lipinski definition) is 5. The van der Waals surface area contributed by atoms with Crippen molar-refractivity contribution in [3.8, 4) is 5.75 Å². The Bertz CT molecular complexity index is 1070. The molecule has 0 aromatic heterocycles. The van der Waals surface area contributed by atoms with Crippen molar-refractivity contribution in [2.45, 2.75) is 31.2 Å². The van der Waals surface area contributed by atoms with E-state index in [2.05, 4.69) is 15.0 Å². The Labute approximate surface area is 175 Å². The molecule has 0 saturated heterocycles. The van der Waals surface area contributed by atoms with Crippen LogP contribution in [0.25, 0.3) is 0 Å². The second-order valence-corrected chi connectivity index (χ2v) is 8.81. The highest BCUT2D eigenvalue weighted by Gasteiger charge is 2.33. The van der Waals surface area contributed by atoms with Crippen LogP contribution < -0.4 is 14.8 Å². The van der Waals surface area contributed by atoms with Gasteiger partial charge in [0.2, 0.25) is 5.91 Å². The van der Waals surface area contributed by atoms with Crippen molar-refractivity contribution in [3.05, 3.63) is 53.1 Å². The van der Waals surface area contributed by atoms with Crippen molar-refractivity contribution in [2.75, 3.05) is 12.4 Å². The summed E-state index contributed by atoms with van der Waals surface area (Å²) < 4.78 is 32.2. The van der Waals surface area contributed by atoms with Crippen LogP contribution >= 0.6 is 11.6 Å². The number of rotatable bonds is 6. The summed E-state index contributed by atoms with van der Waals surface area (Å²) in [4.78, 5) is 17.6. The quantitative estimate of drug-likeness (QED) is 0.726. The summed E-state index contributed by atoms with van der Waals surface area (Å²) >= 11 is 6.13. The monoisotopic (exact) mass is 435 g/mol. The van der Waals surface area contributed by atoms with Crippen LogP contribution in [0.1, 0.15) is 25.8 Å². The molecule has 0 spiro atoms. The van der Waals surface area contributed by atoms with Crippen molar-refractivity contribution in [1.82, 2.24) is 4.72 Å². The lowest BCUT2D eigenvalue weighted by atomic mass is 9.98. The maximum atomic E-state index is 13.0. The second kappa shape index (κ2) is 8.42. The van der Waals surface area contributed by atoms with Gasteiger partial charge in [0.05, 0.1) is 17.0 Å². The highest BCUT2D eigenvalue weighted by molar-refractivity contribution is 7.90. The molecule has 2 atom stereocenters. The standard InChI is InChI=1S/C20H22ClN3O4S/c1-4-12(2)18(20(25)22-13-9-10-16(28-3)15(21)11-13)23-19-14-7-5-6-8-17(14)29(26,27)24-19/h5-12,18H,4H2,1-3H3,(H,22,25)(H,23,24)/t12-,18-/m0/s1. The van der Waals surface area contributed by atoms with Crippen molar-refractivity contribution in [1.29, 1.82) is 0 Å². The fourth-order valence-corrected chi connectivity index (χ4v) is 4.49. The number of nitrogens with zero attached hydrogens (tertiary/aromatic N) is 1. The van der Waals surface area contributed by atoms with Gasteiger partial charge >= 0.3 is 0 Å². The van der Waals surface area contributed by atoms with E-state index in [1.807, 2.05) is 13.8 Å². The van der Waals surface area contributed by atoms with Crippen molar-refractivity contribution in [2.24, 2.45) is 10.9 Å². The molecule has 7 nitrogen and oxygen atoms in total. The van der Waals surface area contributed by atoms with Crippen LogP contribution in [0.5, 0.6) is 5.75 Å². The van der Waals surface area contributed by atoms with Gasteiger partial charge in [-0.3, -0.25) is 14.5 Å². The molecule has 3 rings (SSSR count). The Hall–Kier alpha value is -2.58. The van der Waals surface area contributed by atoms with Crippen LogP contribution in [0.4, 0.5) is 5.69 Å². The first kappa shape index (κ1) is 21.1. The van der Waals surface area contributed by atoms with E-state index in [1.54, 1.807) is 36.4 Å². The zero-order valence-electron chi connectivity index (χ0n) is 16.3. The van der Waals surface area contributed by atoms with Gasteiger partial charge < -0.3 is 10.1 Å². The van der Waals surface area contributed by atoms with E-state index in [0.29, 0.717) is 28.4 Å². The fourth-order valence-electron chi connectivity index (χ4n) is 3.00. The van der Waals surface area contributed by atoms with Gasteiger partial charge in [-0.15, -0.1) is 0 Å². The number of halogens is 1. The molecular formula is C20H22ClN3O4S. The van der Waals surface area contributed by atoms with Gasteiger partial charge in [0, 0.05) is 11.3 Å². The molecule has 2 aromatic rings. The lowest BCUT2D eigenvalue weighted by Crippen LogP contribution is -2.34. The number of sulfonamides is 1. The summed E-state index contributed by atoms with van der Waals surface area (Å²) in [6.07, 6.45) is 0.687. The van der Waals surface area contributed by atoms with E-state index in [0.717, 1.165) is 0 Å². The van der Waals surface area contributed by atoms with E-state index < -0.39 is 16.1 Å². The number of amidine groups is 1. The van der Waals surface area contributed by atoms with Gasteiger partial charge in [-0.2, -0.15) is 0 Å². The number of benzene rings is 2. The van der Waals surface area contributed by atoms with Gasteiger partial charge in [0.25, 0.3) is 10.0 Å². The van der Waals surface area contributed by atoms with Crippen molar-refractivity contribution < 1.29 is 17.9 Å². The van der Waals surface area contributed by atoms with Crippen molar-refractivity contribution in [3.63, 3.8) is 0 Å². The summed E-state index contributed by atoms with van der Waals surface area (Å²) in [5.74, 6) is 0.208. The van der Waals surface area contributed by atoms with E-state index >= 15 is 0 Å². The summed E-state index contributed by atoms with van der Waals surface area (Å²) in [5.41, 5.74) is 0.961. The third kappa shape index (κ3) is 4.38. The number of carbonyl (C=O) groups excluding carboxylic acids is 1. The molecule has 0 saturated carbocycles. The van der Waals surface area contributed by atoms with E-state index in [1.165, 1.54) is 13.2 Å². The van der Waals surface area contributed by atoms with Gasteiger partial charge in [0.15, 0.2) is 0 Å². The molecule has 1 aliphatic rings. The molecule has 0 radical (unpaired) electrons. The van der Waals surface area contributed by atoms with Crippen LogP contribution in [0.3, 0.4) is 0 Å². The smallest absolute Gasteiger partial charge is 0.263 e. The highest BCUT2D eigenvalue weighted by Crippen LogP contribution is 2.28. The molecule has 0 fully saturated rings. The molecule has 1 aliphatic heterocycles. The summed E-state index contributed by atoms with van der Waals surface area (Å²) in [6, 6.07) is 10.7. The molecule has 1 amide bonds. The Morgan fingerprint density at radius 3 is 2.66 bits per heavy atom. The molecule has 154 valence electrons. The van der Waals surface area contributed by atoms with Gasteiger partial charge in [-0.1, -0.05) is 44.0 Å². The minimum atomic E-state index is -3.67. The minimum absolute atomic E-state index is 0.117. The van der Waals surface area contributed by atoms with Crippen LogP contribution in [0, 0.1) is 5.92 Å². The van der Waals surface area contributed by atoms with Gasteiger partial charge in [-0.25, -0.2) is 8.42 Å². The lowest BCUT2D eigenvalue weighted by molar-refractivity contribution is -0.118. The Morgan fingerprint density at radius 2 is 2.00 bits per heavy atom. The second-order valence-electron chi connectivity index (χ2n) is 6.75. The first-order valence-corrected chi connectivity index (χ1v) is 11.0. The van der Waals surface area contributed by atoms with Crippen molar-refractivity contribution >= 4 is 39.1 Å². The summed E-state index contributed by atoms with van der Waals surface area (Å²) in [7, 11) is -2.17. The summed E-state index contributed by atoms with van der Waals surface area (Å²) in [5, 5.41) is 3.17. The third-order valence-electron chi connectivity index (χ3n) is 4.80. The maximum Gasteiger partial charge on any atom is 0.263 e. The third-order valence-corrected chi connectivity index (χ3v) is 6.49. The van der Waals surface area contributed by atoms with Crippen LogP contribution in [-0.4, -0.2) is 33.3 Å². The van der Waals surface area contributed by atoms with Crippen LogP contribution in [0.15, 0.2) is 52.4 Å². The number of anilines is 1. The van der Waals surface area contributed by atoms with E-state index in [4.69, 9.17) is 16.3 Å². The van der Waals surface area contributed by atoms with Gasteiger partial charge in [-0.05, 0) is 36.2 Å². The lowest BCUT2D eigenvalue weighted by Gasteiger charge is -2.19. The molecule has 2 N–H and O–H groups in total. The minimum Gasteiger partial charge on any atom is -0.495 e. The number of nitrogens with one attached hydrogen (secondary N) is 2. The van der Waals surface area contributed by atoms with Crippen LogP contribution in [0.2, 0.25) is 5.02 Å². The number of carbonyl (C=O) groups is 1. The molecule has 29 heavy (non-hydrogen) atoms. The zero-order chi connectivity index (χ0) is 21.2. The Morgan fingerprint density at radius 1 is 1.28 bits per heavy atom. The predicted molar refractivity (Wildman–Crippen MR) is 113 cm³/mol. The first-order valence-electron chi connectivity index (χ1n) is 9.11. The number of hydrogen-bond donors (Lipinski definition) is 2. The predicted octanol–water partition coefficient (Wildman–Crippen LogP) is 3.44. The van der Waals surface area contributed by atoms with Crippen LogP contribution in [-0.2, 0) is 14.8 Å². The number of ether oxygens (including phenoxy) is 1. The maximum absolute atomic E-state index is 13.0. The number of amides is 1. The molecule has 0 aliphatic carbocycles. The Balaban J connectivity index is 1.92. The first-order chi connectivity index (χ1) is 13.8. The molecule has 0 unspecified atom stereocenters. The fraction of sp³-hybridized carbons (Fsp3) is 0.300. The summed E-state index contributed by atoms with van der Waals surface area (Å²) in [6.45, 7) is 3.84. The number of aliphatic imine (C=N–C) groups is 1. The van der Waals surface area contributed by atoms with E-state index in [9.17, 15) is 13.2 Å². The SMILES string of the molecule is CC[C@H](C)[C@H](N=C1NS(=O)(=O)c2ccccc21)C(=O)Nc1ccc(OC)c(Cl)c1. The van der Waals surface area contributed by atoms with Gasteiger partial charge in [0.1, 0.15) is 17.6 Å². The van der Waals surface area contributed by atoms with E-state index in [-0.39, 0.29) is 22.6 Å². The zero-order valence-corrected chi connectivity index (χ0v) is 17.8. The molecule has 9 heteroatoms. The molecule has 1 heterocycles. The molecular weight excluding hydrogens is 414 g/mol. The molecule has 2 aromatic carbocycles. The average Bonchev–Trinajstić information content (AvgIpc) is 2.96. The Kier molecular flexibility index (Phi) is 6.14. The molecule has 0 bridgehead atoms. The number of methoxy groups -OCH3 is 1.